The predicted octanol–water partition coefficient (Wildman–Crippen LogP) is 3.18. The first kappa shape index (κ1) is 13.5. The van der Waals surface area contributed by atoms with Crippen LogP contribution in [0.2, 0.25) is 0 Å². The predicted molar refractivity (Wildman–Crippen MR) is 78.4 cm³/mol. The number of nitrogens with zero attached hydrogens (tertiary/aromatic N) is 1. The van der Waals surface area contributed by atoms with Crippen LogP contribution in [0.4, 0.5) is 0 Å². The number of fused-ring (bicyclic) bond motifs is 1. The average molecular weight is 270 g/mol. The highest BCUT2D eigenvalue weighted by Gasteiger charge is 2.30. The molecule has 1 heterocycles. The Morgan fingerprint density at radius 1 is 1.40 bits per heavy atom. The second-order valence-electron chi connectivity index (χ2n) is 6.63. The lowest BCUT2D eigenvalue weighted by Crippen LogP contribution is -2.31. The Morgan fingerprint density at radius 3 is 3.05 bits per heavy atom. The van der Waals surface area contributed by atoms with Gasteiger partial charge in [-0.25, -0.2) is 0 Å². The van der Waals surface area contributed by atoms with E-state index in [0.29, 0.717) is 6.04 Å². The first-order valence-corrected chi connectivity index (χ1v) is 7.51. The summed E-state index contributed by atoms with van der Waals surface area (Å²) in [5.41, 5.74) is 2.51. The Morgan fingerprint density at radius 2 is 2.25 bits per heavy atom. The van der Waals surface area contributed by atoms with Gasteiger partial charge in [0.05, 0.1) is 12.0 Å². The molecule has 3 nitrogen and oxygen atoms in total. The summed E-state index contributed by atoms with van der Waals surface area (Å²) in [6.45, 7) is 5.10. The topological polar surface area (TPSA) is 45.0 Å². The molecule has 0 radical (unpaired) electrons. The Balaban J connectivity index is 1.64. The molecule has 0 amide bonds. The zero-order valence-corrected chi connectivity index (χ0v) is 12.3. The monoisotopic (exact) mass is 270 g/mol. The van der Waals surface area contributed by atoms with Crippen molar-refractivity contribution in [2.24, 2.45) is 5.92 Å². The van der Waals surface area contributed by atoms with Crippen molar-refractivity contribution in [3.05, 3.63) is 29.3 Å². The van der Waals surface area contributed by atoms with Gasteiger partial charge in [0.2, 0.25) is 0 Å². The molecule has 1 aromatic rings. The standard InChI is InChI=1S/C17H22N2O/c1-17(2)9-14-8-12(6-7-16(14)20-17)11-19-15-5-3-4-13(15)10-18/h6-8,13,15,19H,3-5,9,11H2,1-2H3. The van der Waals surface area contributed by atoms with E-state index in [9.17, 15) is 0 Å². The van der Waals surface area contributed by atoms with Crippen LogP contribution in [0.25, 0.3) is 0 Å². The van der Waals surface area contributed by atoms with Gasteiger partial charge in [0, 0.05) is 19.0 Å². The van der Waals surface area contributed by atoms with Gasteiger partial charge in [-0.2, -0.15) is 5.26 Å². The summed E-state index contributed by atoms with van der Waals surface area (Å²) in [5.74, 6) is 1.21. The molecule has 20 heavy (non-hydrogen) atoms. The lowest BCUT2D eigenvalue weighted by atomic mass is 10.00. The fourth-order valence-corrected chi connectivity index (χ4v) is 3.38. The van der Waals surface area contributed by atoms with E-state index in [-0.39, 0.29) is 11.5 Å². The van der Waals surface area contributed by atoms with E-state index in [2.05, 4.69) is 43.4 Å². The number of hydrogen-bond acceptors (Lipinski definition) is 3. The first-order chi connectivity index (χ1) is 9.57. The molecular weight excluding hydrogens is 248 g/mol. The van der Waals surface area contributed by atoms with Crippen molar-refractivity contribution in [2.75, 3.05) is 0 Å². The van der Waals surface area contributed by atoms with Crippen LogP contribution in [0.3, 0.4) is 0 Å². The molecule has 1 aromatic carbocycles. The maximum absolute atomic E-state index is 9.11. The fraction of sp³-hybridized carbons (Fsp3) is 0.588. The summed E-state index contributed by atoms with van der Waals surface area (Å²) in [4.78, 5) is 0. The van der Waals surface area contributed by atoms with Crippen molar-refractivity contribution in [1.29, 1.82) is 5.26 Å². The molecule has 0 aromatic heterocycles. The SMILES string of the molecule is CC1(C)Cc2cc(CNC3CCCC3C#N)ccc2O1. The number of nitriles is 1. The largest absolute Gasteiger partial charge is 0.487 e. The molecule has 1 aliphatic heterocycles. The summed E-state index contributed by atoms with van der Waals surface area (Å²) in [6.07, 6.45) is 4.31. The van der Waals surface area contributed by atoms with Gasteiger partial charge in [-0.3, -0.25) is 0 Å². The lowest BCUT2D eigenvalue weighted by Gasteiger charge is -2.16. The van der Waals surface area contributed by atoms with E-state index in [1.807, 2.05) is 0 Å². The third-order valence-electron chi connectivity index (χ3n) is 4.38. The molecule has 2 unspecified atom stereocenters. The van der Waals surface area contributed by atoms with Crippen molar-refractivity contribution in [1.82, 2.24) is 5.32 Å². The van der Waals surface area contributed by atoms with Crippen LogP contribution in [-0.2, 0) is 13.0 Å². The first-order valence-electron chi connectivity index (χ1n) is 7.51. The number of benzene rings is 1. The minimum atomic E-state index is -0.0776. The molecule has 106 valence electrons. The van der Waals surface area contributed by atoms with Gasteiger partial charge < -0.3 is 10.1 Å². The minimum Gasteiger partial charge on any atom is -0.487 e. The molecule has 1 fully saturated rings. The summed E-state index contributed by atoms with van der Waals surface area (Å²) >= 11 is 0. The number of hydrogen-bond donors (Lipinski definition) is 1. The van der Waals surface area contributed by atoms with Gasteiger partial charge in [-0.15, -0.1) is 0 Å². The van der Waals surface area contributed by atoms with Gasteiger partial charge in [-0.05, 0) is 43.9 Å². The van der Waals surface area contributed by atoms with Gasteiger partial charge in [-0.1, -0.05) is 18.6 Å². The zero-order chi connectivity index (χ0) is 14.2. The molecule has 3 rings (SSSR count). The van der Waals surface area contributed by atoms with E-state index in [1.165, 1.54) is 17.5 Å². The Hall–Kier alpha value is -1.53. The smallest absolute Gasteiger partial charge is 0.123 e. The minimum absolute atomic E-state index is 0.0776. The van der Waals surface area contributed by atoms with E-state index in [4.69, 9.17) is 10.00 Å². The molecule has 1 aliphatic carbocycles. The van der Waals surface area contributed by atoms with E-state index < -0.39 is 0 Å². The maximum atomic E-state index is 9.11. The fourth-order valence-electron chi connectivity index (χ4n) is 3.38. The van der Waals surface area contributed by atoms with Crippen LogP contribution in [-0.4, -0.2) is 11.6 Å². The van der Waals surface area contributed by atoms with E-state index >= 15 is 0 Å². The van der Waals surface area contributed by atoms with Crippen molar-refractivity contribution in [3.63, 3.8) is 0 Å². The molecule has 0 bridgehead atoms. The second-order valence-corrected chi connectivity index (χ2v) is 6.63. The van der Waals surface area contributed by atoms with Crippen LogP contribution < -0.4 is 10.1 Å². The molecule has 1 N–H and O–H groups in total. The van der Waals surface area contributed by atoms with Crippen molar-refractivity contribution in [2.45, 2.75) is 57.7 Å². The Labute approximate surface area is 120 Å². The van der Waals surface area contributed by atoms with Gasteiger partial charge in [0.25, 0.3) is 0 Å². The zero-order valence-electron chi connectivity index (χ0n) is 12.3. The van der Waals surface area contributed by atoms with Crippen LogP contribution in [0.5, 0.6) is 5.75 Å². The molecule has 1 saturated carbocycles. The highest BCUT2D eigenvalue weighted by Crippen LogP contribution is 2.35. The highest BCUT2D eigenvalue weighted by molar-refractivity contribution is 5.41. The Bertz CT molecular complexity index is 544. The quantitative estimate of drug-likeness (QED) is 0.917. The van der Waals surface area contributed by atoms with Gasteiger partial charge >= 0.3 is 0 Å². The molecule has 0 saturated heterocycles. The average Bonchev–Trinajstić information content (AvgIpc) is 2.97. The van der Waals surface area contributed by atoms with Gasteiger partial charge in [0.1, 0.15) is 11.4 Å². The third kappa shape index (κ3) is 2.66. The van der Waals surface area contributed by atoms with Crippen LogP contribution in [0.1, 0.15) is 44.2 Å². The molecule has 2 atom stereocenters. The van der Waals surface area contributed by atoms with Crippen LogP contribution in [0.15, 0.2) is 18.2 Å². The summed E-state index contributed by atoms with van der Waals surface area (Å²) in [7, 11) is 0. The third-order valence-corrected chi connectivity index (χ3v) is 4.38. The number of nitrogens with one attached hydrogen (secondary N) is 1. The van der Waals surface area contributed by atoms with Gasteiger partial charge in [0.15, 0.2) is 0 Å². The van der Waals surface area contributed by atoms with E-state index in [0.717, 1.165) is 31.6 Å². The second kappa shape index (κ2) is 5.10. The maximum Gasteiger partial charge on any atom is 0.123 e. The van der Waals surface area contributed by atoms with Crippen molar-refractivity contribution >= 4 is 0 Å². The van der Waals surface area contributed by atoms with Crippen LogP contribution >= 0.6 is 0 Å². The number of rotatable bonds is 3. The summed E-state index contributed by atoms with van der Waals surface area (Å²) in [5, 5.41) is 12.7. The normalized spacial score (nSPS) is 26.9. The molecule has 0 spiro atoms. The molecule has 3 heteroatoms. The lowest BCUT2D eigenvalue weighted by molar-refractivity contribution is 0.138. The summed E-state index contributed by atoms with van der Waals surface area (Å²) < 4.78 is 5.90. The van der Waals surface area contributed by atoms with Crippen LogP contribution in [0, 0.1) is 17.2 Å². The van der Waals surface area contributed by atoms with Crippen molar-refractivity contribution in [3.8, 4) is 11.8 Å². The molecule has 2 aliphatic rings. The molecular formula is C17H22N2O. The number of ether oxygens (including phenoxy) is 1. The van der Waals surface area contributed by atoms with E-state index in [1.54, 1.807) is 0 Å². The van der Waals surface area contributed by atoms with Crippen molar-refractivity contribution < 1.29 is 4.74 Å². The highest BCUT2D eigenvalue weighted by atomic mass is 16.5. The Kier molecular flexibility index (Phi) is 3.43. The summed E-state index contributed by atoms with van der Waals surface area (Å²) in [6, 6.07) is 9.24.